The lowest BCUT2D eigenvalue weighted by Gasteiger charge is -2.32. The molecule has 0 aromatic rings. The van der Waals surface area contributed by atoms with E-state index in [9.17, 15) is 4.79 Å². The molecule has 0 aromatic carbocycles. The van der Waals surface area contributed by atoms with Crippen molar-refractivity contribution in [2.75, 3.05) is 7.11 Å². The van der Waals surface area contributed by atoms with Gasteiger partial charge in [-0.05, 0) is 26.2 Å². The maximum absolute atomic E-state index is 11.9. The van der Waals surface area contributed by atoms with Gasteiger partial charge in [0.25, 0.3) is 0 Å². The number of rotatable bonds is 5. The fraction of sp³-hybridized carbons (Fsp3) is 0.857. The lowest BCUT2D eigenvalue weighted by atomic mass is 9.83. The summed E-state index contributed by atoms with van der Waals surface area (Å²) >= 11 is 0. The second kappa shape index (κ2) is 6.21. The smallest absolute Gasteiger partial charge is 0.354 e. The van der Waals surface area contributed by atoms with Crippen LogP contribution in [0.4, 0.5) is 0 Å². The van der Waals surface area contributed by atoms with E-state index >= 15 is 0 Å². The van der Waals surface area contributed by atoms with Crippen molar-refractivity contribution in [3.05, 3.63) is 0 Å². The zero-order valence-electron chi connectivity index (χ0n) is 12.4. The molecular weight excluding hydrogens is 228 g/mol. The van der Waals surface area contributed by atoms with Gasteiger partial charge in [0, 0.05) is 12.0 Å². The minimum atomic E-state index is -0.280. The van der Waals surface area contributed by atoms with Crippen molar-refractivity contribution in [1.29, 1.82) is 0 Å². The van der Waals surface area contributed by atoms with Crippen LogP contribution in [0.5, 0.6) is 0 Å². The van der Waals surface area contributed by atoms with Gasteiger partial charge < -0.3 is 4.74 Å². The van der Waals surface area contributed by atoms with Gasteiger partial charge in [0.2, 0.25) is 0 Å². The number of hydrazone groups is 1. The number of nitrogens with zero attached hydrogens (tertiary/aromatic N) is 2. The molecule has 0 saturated carbocycles. The predicted octanol–water partition coefficient (Wildman–Crippen LogP) is 2.68. The van der Waals surface area contributed by atoms with Crippen molar-refractivity contribution in [3.63, 3.8) is 0 Å². The van der Waals surface area contributed by atoms with Crippen molar-refractivity contribution in [3.8, 4) is 0 Å². The first-order valence-corrected chi connectivity index (χ1v) is 6.89. The monoisotopic (exact) mass is 254 g/mol. The van der Waals surface area contributed by atoms with E-state index in [0.29, 0.717) is 23.7 Å². The molecular formula is C14H26N2O2. The summed E-state index contributed by atoms with van der Waals surface area (Å²) in [6.07, 6.45) is 2.16. The summed E-state index contributed by atoms with van der Waals surface area (Å²) in [5, 5.41) is 6.62. The molecule has 4 nitrogen and oxygen atoms in total. The van der Waals surface area contributed by atoms with Crippen LogP contribution >= 0.6 is 0 Å². The van der Waals surface area contributed by atoms with Crippen molar-refractivity contribution in [2.24, 2.45) is 16.9 Å². The quantitative estimate of drug-likeness (QED) is 0.708. The summed E-state index contributed by atoms with van der Waals surface area (Å²) in [7, 11) is 1.43. The Labute approximate surface area is 110 Å². The minimum absolute atomic E-state index is 0.180. The highest BCUT2D eigenvalue weighted by atomic mass is 16.5. The standard InChI is InChI=1S/C14H26N2O2/c1-7-8-11-12(9(2)3)13(14(17)18-6)15-16(11)10(4)5/h9-12H,7-8H2,1-6H3. The van der Waals surface area contributed by atoms with E-state index < -0.39 is 0 Å². The summed E-state index contributed by atoms with van der Waals surface area (Å²) in [6, 6.07) is 0.633. The van der Waals surface area contributed by atoms with Crippen molar-refractivity contribution < 1.29 is 9.53 Å². The Bertz CT molecular complexity index is 324. The Kier molecular flexibility index (Phi) is 5.17. The Hall–Kier alpha value is -1.06. The molecule has 18 heavy (non-hydrogen) atoms. The highest BCUT2D eigenvalue weighted by Crippen LogP contribution is 2.33. The zero-order chi connectivity index (χ0) is 13.9. The van der Waals surface area contributed by atoms with E-state index in [1.807, 2.05) is 0 Å². The maximum Gasteiger partial charge on any atom is 0.354 e. The molecule has 1 heterocycles. The van der Waals surface area contributed by atoms with Crippen molar-refractivity contribution in [1.82, 2.24) is 5.01 Å². The van der Waals surface area contributed by atoms with Crippen LogP contribution in [0.25, 0.3) is 0 Å². The first-order valence-electron chi connectivity index (χ1n) is 6.89. The Morgan fingerprint density at radius 1 is 1.39 bits per heavy atom. The first kappa shape index (κ1) is 15.0. The third-order valence-electron chi connectivity index (χ3n) is 3.52. The molecule has 0 aromatic heterocycles. The van der Waals surface area contributed by atoms with Gasteiger partial charge in [-0.3, -0.25) is 5.01 Å². The van der Waals surface area contributed by atoms with Gasteiger partial charge in [-0.25, -0.2) is 4.79 Å². The second-order valence-corrected chi connectivity index (χ2v) is 5.58. The van der Waals surface area contributed by atoms with E-state index in [1.54, 1.807) is 0 Å². The largest absolute Gasteiger partial charge is 0.464 e. The number of esters is 1. The fourth-order valence-corrected chi connectivity index (χ4v) is 2.76. The summed E-state index contributed by atoms with van der Waals surface area (Å²) in [5.41, 5.74) is 0.597. The summed E-state index contributed by atoms with van der Waals surface area (Å²) in [5.74, 6) is 0.293. The normalized spacial score (nSPS) is 23.8. The Morgan fingerprint density at radius 3 is 2.39 bits per heavy atom. The molecule has 0 radical (unpaired) electrons. The van der Waals surface area contributed by atoms with E-state index in [4.69, 9.17) is 4.74 Å². The molecule has 0 fully saturated rings. The van der Waals surface area contributed by atoms with Crippen molar-refractivity contribution >= 4 is 11.7 Å². The summed E-state index contributed by atoms with van der Waals surface area (Å²) in [6.45, 7) is 10.7. The number of ether oxygens (including phenoxy) is 1. The van der Waals surface area contributed by atoms with Crippen LogP contribution in [0.3, 0.4) is 0 Å². The molecule has 0 N–H and O–H groups in total. The molecule has 0 saturated heterocycles. The van der Waals surface area contributed by atoms with Crippen LogP contribution in [0.1, 0.15) is 47.5 Å². The predicted molar refractivity (Wildman–Crippen MR) is 73.5 cm³/mol. The number of hydrogen-bond donors (Lipinski definition) is 0. The average Bonchev–Trinajstić information content (AvgIpc) is 2.68. The lowest BCUT2D eigenvalue weighted by Crippen LogP contribution is -2.40. The summed E-state index contributed by atoms with van der Waals surface area (Å²) in [4.78, 5) is 11.9. The van der Waals surface area contributed by atoms with Gasteiger partial charge in [0.1, 0.15) is 0 Å². The Morgan fingerprint density at radius 2 is 2.00 bits per heavy atom. The molecule has 0 spiro atoms. The number of carbonyl (C=O) groups is 1. The molecule has 104 valence electrons. The van der Waals surface area contributed by atoms with Crippen LogP contribution in [0, 0.1) is 11.8 Å². The number of carbonyl (C=O) groups excluding carboxylic acids is 1. The molecule has 2 atom stereocenters. The minimum Gasteiger partial charge on any atom is -0.464 e. The second-order valence-electron chi connectivity index (χ2n) is 5.58. The van der Waals surface area contributed by atoms with Crippen LogP contribution in [0.15, 0.2) is 5.10 Å². The van der Waals surface area contributed by atoms with Crippen LogP contribution in [-0.2, 0) is 9.53 Å². The summed E-state index contributed by atoms with van der Waals surface area (Å²) < 4.78 is 4.87. The van der Waals surface area contributed by atoms with Gasteiger partial charge in [-0.2, -0.15) is 5.10 Å². The van der Waals surface area contributed by atoms with Gasteiger partial charge >= 0.3 is 5.97 Å². The molecule has 2 unspecified atom stereocenters. The lowest BCUT2D eigenvalue weighted by molar-refractivity contribution is -0.133. The fourth-order valence-electron chi connectivity index (χ4n) is 2.76. The molecule has 0 aliphatic carbocycles. The van der Waals surface area contributed by atoms with E-state index in [0.717, 1.165) is 12.8 Å². The van der Waals surface area contributed by atoms with Gasteiger partial charge in [-0.15, -0.1) is 0 Å². The molecule has 1 rings (SSSR count). The maximum atomic E-state index is 11.9. The van der Waals surface area contributed by atoms with E-state index in [-0.39, 0.29) is 11.9 Å². The molecule has 0 bridgehead atoms. The molecule has 4 heteroatoms. The topological polar surface area (TPSA) is 41.9 Å². The Balaban J connectivity index is 3.07. The third kappa shape index (κ3) is 2.85. The van der Waals surface area contributed by atoms with Gasteiger partial charge in [0.15, 0.2) is 5.71 Å². The van der Waals surface area contributed by atoms with E-state index in [2.05, 4.69) is 44.7 Å². The molecule has 0 amide bonds. The SMILES string of the molecule is CCCC1C(C(C)C)C(C(=O)OC)=NN1C(C)C. The van der Waals surface area contributed by atoms with Crippen LogP contribution in [-0.4, -0.2) is 35.9 Å². The first-order chi connectivity index (χ1) is 8.43. The van der Waals surface area contributed by atoms with Crippen molar-refractivity contribution in [2.45, 2.75) is 59.5 Å². The zero-order valence-corrected chi connectivity index (χ0v) is 12.4. The van der Waals surface area contributed by atoms with E-state index in [1.165, 1.54) is 7.11 Å². The molecule has 1 aliphatic heterocycles. The third-order valence-corrected chi connectivity index (χ3v) is 3.52. The number of methoxy groups -OCH3 is 1. The highest BCUT2D eigenvalue weighted by molar-refractivity contribution is 6.37. The van der Waals surface area contributed by atoms with Gasteiger partial charge in [-0.1, -0.05) is 27.2 Å². The average molecular weight is 254 g/mol. The van der Waals surface area contributed by atoms with Gasteiger partial charge in [0.05, 0.1) is 13.2 Å². The van der Waals surface area contributed by atoms with Crippen LogP contribution in [0.2, 0.25) is 0 Å². The number of hydrogen-bond acceptors (Lipinski definition) is 4. The molecule has 1 aliphatic rings. The highest BCUT2D eigenvalue weighted by Gasteiger charge is 2.42. The van der Waals surface area contributed by atoms with Crippen LogP contribution < -0.4 is 0 Å².